The first-order chi connectivity index (χ1) is 13.5. The monoisotopic (exact) mass is 374 g/mol. The molecule has 0 aliphatic heterocycles. The summed E-state index contributed by atoms with van der Waals surface area (Å²) in [6.45, 7) is 3.87. The number of carbonyl (C=O) groups excluding carboxylic acids is 1. The summed E-state index contributed by atoms with van der Waals surface area (Å²) in [4.78, 5) is 23.9. The zero-order valence-electron chi connectivity index (χ0n) is 15.9. The maximum absolute atomic E-state index is 12.1. The molecule has 1 aliphatic rings. The predicted octanol–water partition coefficient (Wildman–Crippen LogP) is 4.93. The molecule has 0 unspecified atom stereocenters. The molecule has 28 heavy (non-hydrogen) atoms. The van der Waals surface area contributed by atoms with Crippen molar-refractivity contribution in [3.63, 3.8) is 0 Å². The quantitative estimate of drug-likeness (QED) is 0.778. The van der Waals surface area contributed by atoms with Gasteiger partial charge in [-0.1, -0.05) is 44.2 Å². The SMILES string of the molecule is CCC1=C/C(=C(\c2ccc(O)c(CC)c2)c2ccccc2C(=O)O)C=CC1=O. The van der Waals surface area contributed by atoms with Gasteiger partial charge in [-0.25, -0.2) is 4.79 Å². The van der Waals surface area contributed by atoms with Crippen molar-refractivity contribution in [2.24, 2.45) is 0 Å². The number of aromatic hydroxyl groups is 1. The first kappa shape index (κ1) is 19.4. The smallest absolute Gasteiger partial charge is 0.336 e. The van der Waals surface area contributed by atoms with Gasteiger partial charge in [0, 0.05) is 0 Å². The number of phenolic OH excluding ortho intramolecular Hbond substituents is 1. The highest BCUT2D eigenvalue weighted by atomic mass is 16.4. The zero-order valence-corrected chi connectivity index (χ0v) is 15.9. The molecular formula is C24H22O4. The van der Waals surface area contributed by atoms with Crippen molar-refractivity contribution in [2.45, 2.75) is 26.7 Å². The largest absolute Gasteiger partial charge is 0.508 e. The lowest BCUT2D eigenvalue weighted by Gasteiger charge is -2.18. The lowest BCUT2D eigenvalue weighted by atomic mass is 9.86. The Labute approximate surface area is 164 Å². The molecule has 142 valence electrons. The Morgan fingerprint density at radius 3 is 2.32 bits per heavy atom. The molecule has 2 aromatic carbocycles. The highest BCUT2D eigenvalue weighted by Gasteiger charge is 2.20. The van der Waals surface area contributed by atoms with Gasteiger partial charge in [0.1, 0.15) is 5.75 Å². The maximum Gasteiger partial charge on any atom is 0.336 e. The third-order valence-electron chi connectivity index (χ3n) is 4.91. The van der Waals surface area contributed by atoms with Gasteiger partial charge in [0.2, 0.25) is 0 Å². The molecule has 4 nitrogen and oxygen atoms in total. The van der Waals surface area contributed by atoms with Crippen molar-refractivity contribution in [1.82, 2.24) is 0 Å². The fourth-order valence-electron chi connectivity index (χ4n) is 3.40. The molecule has 0 bridgehead atoms. The van der Waals surface area contributed by atoms with E-state index in [1.807, 2.05) is 26.0 Å². The molecule has 4 heteroatoms. The third kappa shape index (κ3) is 3.67. The number of hydrogen-bond acceptors (Lipinski definition) is 3. The van der Waals surface area contributed by atoms with Gasteiger partial charge in [-0.15, -0.1) is 0 Å². The van der Waals surface area contributed by atoms with Gasteiger partial charge in [0.05, 0.1) is 5.56 Å². The predicted molar refractivity (Wildman–Crippen MR) is 109 cm³/mol. The van der Waals surface area contributed by atoms with Crippen LogP contribution in [0.4, 0.5) is 0 Å². The van der Waals surface area contributed by atoms with Crippen LogP contribution in [0.3, 0.4) is 0 Å². The van der Waals surface area contributed by atoms with E-state index in [0.29, 0.717) is 24.0 Å². The average Bonchev–Trinajstić information content (AvgIpc) is 2.70. The van der Waals surface area contributed by atoms with E-state index in [-0.39, 0.29) is 17.1 Å². The Morgan fingerprint density at radius 2 is 1.68 bits per heavy atom. The molecule has 0 heterocycles. The summed E-state index contributed by atoms with van der Waals surface area (Å²) in [5.41, 5.74) is 4.51. The molecule has 2 N–H and O–H groups in total. The van der Waals surface area contributed by atoms with Crippen molar-refractivity contribution < 1.29 is 19.8 Å². The average molecular weight is 374 g/mol. The van der Waals surface area contributed by atoms with Crippen molar-refractivity contribution in [3.8, 4) is 5.75 Å². The van der Waals surface area contributed by atoms with Crippen LogP contribution in [0.15, 0.2) is 71.8 Å². The summed E-state index contributed by atoms with van der Waals surface area (Å²) in [6.07, 6.45) is 6.32. The Kier molecular flexibility index (Phi) is 5.59. The zero-order chi connectivity index (χ0) is 20.3. The molecule has 0 spiro atoms. The molecule has 0 amide bonds. The number of benzene rings is 2. The van der Waals surface area contributed by atoms with Crippen molar-refractivity contribution >= 4 is 17.3 Å². The molecule has 0 saturated carbocycles. The van der Waals surface area contributed by atoms with Gasteiger partial charge >= 0.3 is 5.97 Å². The molecule has 1 aliphatic carbocycles. The molecule has 0 aromatic heterocycles. The minimum absolute atomic E-state index is 0.0305. The first-order valence-electron chi connectivity index (χ1n) is 9.28. The first-order valence-corrected chi connectivity index (χ1v) is 9.28. The van der Waals surface area contributed by atoms with Crippen LogP contribution < -0.4 is 0 Å². The van der Waals surface area contributed by atoms with E-state index in [1.54, 1.807) is 42.5 Å². The fourth-order valence-corrected chi connectivity index (χ4v) is 3.40. The van der Waals surface area contributed by atoms with E-state index in [9.17, 15) is 19.8 Å². The topological polar surface area (TPSA) is 74.6 Å². The van der Waals surface area contributed by atoms with E-state index in [0.717, 1.165) is 22.3 Å². The lowest BCUT2D eigenvalue weighted by molar-refractivity contribution is -0.111. The van der Waals surface area contributed by atoms with E-state index < -0.39 is 5.97 Å². The second-order valence-corrected chi connectivity index (χ2v) is 6.60. The standard InChI is InChI=1S/C24H22O4/c1-3-15-13-17(9-11-21(15)25)23(18-10-12-22(26)16(4-2)14-18)19-7-5-6-8-20(19)24(27)28/h5-14,25H,3-4H2,1-2H3,(H,27,28)/b23-18+. The van der Waals surface area contributed by atoms with Gasteiger partial charge in [-0.3, -0.25) is 4.79 Å². The molecule has 0 fully saturated rings. The van der Waals surface area contributed by atoms with Gasteiger partial charge in [-0.05, 0) is 76.6 Å². The Hall–Kier alpha value is -3.40. The van der Waals surface area contributed by atoms with Crippen LogP contribution >= 0.6 is 0 Å². The van der Waals surface area contributed by atoms with Crippen molar-refractivity contribution in [1.29, 1.82) is 0 Å². The number of aryl methyl sites for hydroxylation is 1. The summed E-state index contributed by atoms with van der Waals surface area (Å²) < 4.78 is 0. The van der Waals surface area contributed by atoms with Gasteiger partial charge < -0.3 is 10.2 Å². The van der Waals surface area contributed by atoms with Crippen LogP contribution in [0.2, 0.25) is 0 Å². The summed E-state index contributed by atoms with van der Waals surface area (Å²) in [7, 11) is 0. The number of carboxylic acid groups (broad SMARTS) is 1. The number of aromatic carboxylic acids is 1. The van der Waals surface area contributed by atoms with Crippen LogP contribution in [0.5, 0.6) is 5.75 Å². The normalized spacial score (nSPS) is 15.4. The van der Waals surface area contributed by atoms with Gasteiger partial charge in [0.25, 0.3) is 0 Å². The van der Waals surface area contributed by atoms with Crippen LogP contribution in [0, 0.1) is 0 Å². The lowest BCUT2D eigenvalue weighted by Crippen LogP contribution is -2.07. The molecular weight excluding hydrogens is 352 g/mol. The van der Waals surface area contributed by atoms with Crippen LogP contribution in [-0.4, -0.2) is 22.0 Å². The van der Waals surface area contributed by atoms with E-state index >= 15 is 0 Å². The van der Waals surface area contributed by atoms with Gasteiger partial charge in [-0.2, -0.15) is 0 Å². The second-order valence-electron chi connectivity index (χ2n) is 6.60. The number of ketones is 1. The summed E-state index contributed by atoms with van der Waals surface area (Å²) in [5.74, 6) is -0.836. The number of hydrogen-bond donors (Lipinski definition) is 2. The number of phenols is 1. The van der Waals surface area contributed by atoms with E-state index in [4.69, 9.17) is 0 Å². The molecule has 3 rings (SSSR count). The minimum atomic E-state index is -1.02. The summed E-state index contributed by atoms with van der Waals surface area (Å²) >= 11 is 0. The Bertz CT molecular complexity index is 1040. The highest BCUT2D eigenvalue weighted by molar-refractivity contribution is 6.08. The highest BCUT2D eigenvalue weighted by Crippen LogP contribution is 2.35. The number of carboxylic acids is 1. The summed E-state index contributed by atoms with van der Waals surface area (Å²) in [6, 6.07) is 12.1. The third-order valence-corrected chi connectivity index (χ3v) is 4.91. The van der Waals surface area contributed by atoms with Crippen LogP contribution in [0.25, 0.3) is 5.57 Å². The van der Waals surface area contributed by atoms with Crippen LogP contribution in [-0.2, 0) is 11.2 Å². The van der Waals surface area contributed by atoms with Crippen LogP contribution in [0.1, 0.15) is 47.3 Å². The number of allylic oxidation sites excluding steroid dienone is 5. The second kappa shape index (κ2) is 8.09. The number of carbonyl (C=O) groups is 2. The molecule has 0 saturated heterocycles. The maximum atomic E-state index is 12.1. The molecule has 2 aromatic rings. The molecule has 0 atom stereocenters. The molecule has 0 radical (unpaired) electrons. The number of rotatable bonds is 5. The Balaban J connectivity index is 2.35. The Morgan fingerprint density at radius 1 is 0.964 bits per heavy atom. The van der Waals surface area contributed by atoms with E-state index in [2.05, 4.69) is 0 Å². The van der Waals surface area contributed by atoms with Gasteiger partial charge in [0.15, 0.2) is 5.78 Å². The fraction of sp³-hybridized carbons (Fsp3) is 0.167. The van der Waals surface area contributed by atoms with Crippen molar-refractivity contribution in [3.05, 3.63) is 94.1 Å². The van der Waals surface area contributed by atoms with E-state index in [1.165, 1.54) is 6.08 Å². The minimum Gasteiger partial charge on any atom is -0.508 e. The van der Waals surface area contributed by atoms with Crippen molar-refractivity contribution in [2.75, 3.05) is 0 Å². The summed E-state index contributed by atoms with van der Waals surface area (Å²) in [5, 5.41) is 19.8.